The van der Waals surface area contributed by atoms with Crippen LogP contribution in [0.2, 0.25) is 0 Å². The highest BCUT2D eigenvalue weighted by Crippen LogP contribution is 2.26. The van der Waals surface area contributed by atoms with Crippen molar-refractivity contribution in [3.63, 3.8) is 0 Å². The van der Waals surface area contributed by atoms with Gasteiger partial charge >= 0.3 is 0 Å². The molecular weight excluding hydrogens is 336 g/mol. The monoisotopic (exact) mass is 348 g/mol. The normalized spacial score (nSPS) is 11.2. The quantitative estimate of drug-likeness (QED) is 0.616. The first-order valence-electron chi connectivity index (χ1n) is 6.49. The third-order valence-electron chi connectivity index (χ3n) is 3.35. The molecule has 1 heterocycles. The van der Waals surface area contributed by atoms with Crippen molar-refractivity contribution in [2.24, 2.45) is 0 Å². The molecule has 0 atom stereocenters. The van der Waals surface area contributed by atoms with Crippen LogP contribution >= 0.6 is 27.5 Å². The van der Waals surface area contributed by atoms with Gasteiger partial charge in [-0.1, -0.05) is 28.1 Å². The molecule has 1 aromatic heterocycles. The Bertz CT molecular complexity index is 764. The van der Waals surface area contributed by atoms with Crippen LogP contribution in [-0.4, -0.2) is 15.4 Å². The van der Waals surface area contributed by atoms with Crippen molar-refractivity contribution in [2.45, 2.75) is 13.3 Å². The maximum Gasteiger partial charge on any atom is 0.115 e. The number of fused-ring (bicyclic) bond motifs is 1. The molecule has 0 amide bonds. The molecule has 0 fully saturated rings. The van der Waals surface area contributed by atoms with Crippen LogP contribution in [0.5, 0.6) is 0 Å². The minimum Gasteiger partial charge on any atom is -0.296 e. The summed E-state index contributed by atoms with van der Waals surface area (Å²) < 4.78 is 3.29. The Labute approximate surface area is 131 Å². The Balaban J connectivity index is 2.30. The molecule has 3 rings (SSSR count). The molecule has 0 saturated heterocycles. The van der Waals surface area contributed by atoms with E-state index in [1.807, 2.05) is 18.2 Å². The largest absolute Gasteiger partial charge is 0.296 e. The lowest BCUT2D eigenvalue weighted by Crippen LogP contribution is -2.04. The zero-order valence-corrected chi connectivity index (χ0v) is 13.4. The van der Waals surface area contributed by atoms with E-state index in [1.54, 1.807) is 0 Å². The van der Waals surface area contributed by atoms with Crippen molar-refractivity contribution in [1.82, 2.24) is 9.55 Å². The second kappa shape index (κ2) is 5.58. The third-order valence-corrected chi connectivity index (χ3v) is 4.03. The van der Waals surface area contributed by atoms with E-state index >= 15 is 0 Å². The zero-order valence-electron chi connectivity index (χ0n) is 11.1. The van der Waals surface area contributed by atoms with Gasteiger partial charge < -0.3 is 0 Å². The van der Waals surface area contributed by atoms with Crippen molar-refractivity contribution in [3.05, 3.63) is 58.3 Å². The van der Waals surface area contributed by atoms with Gasteiger partial charge in [0.25, 0.3) is 0 Å². The number of alkyl halides is 1. The zero-order chi connectivity index (χ0) is 14.1. The van der Waals surface area contributed by atoms with E-state index in [2.05, 4.69) is 51.7 Å². The molecule has 102 valence electrons. The van der Waals surface area contributed by atoms with Gasteiger partial charge in [-0.15, -0.1) is 11.6 Å². The summed E-state index contributed by atoms with van der Waals surface area (Å²) >= 11 is 9.44. The Kier molecular flexibility index (Phi) is 3.81. The van der Waals surface area contributed by atoms with Crippen LogP contribution in [0.3, 0.4) is 0 Å². The topological polar surface area (TPSA) is 17.8 Å². The molecule has 20 heavy (non-hydrogen) atoms. The first-order valence-corrected chi connectivity index (χ1v) is 7.82. The van der Waals surface area contributed by atoms with Crippen LogP contribution in [-0.2, 0) is 6.42 Å². The lowest BCUT2D eigenvalue weighted by atomic mass is 10.2. The molecule has 0 aliphatic heterocycles. The van der Waals surface area contributed by atoms with Crippen LogP contribution in [0.25, 0.3) is 16.7 Å². The molecule has 0 aliphatic rings. The molecular formula is C16H14BrClN2. The van der Waals surface area contributed by atoms with Crippen LogP contribution < -0.4 is 0 Å². The Morgan fingerprint density at radius 1 is 1.20 bits per heavy atom. The molecule has 0 radical (unpaired) electrons. The number of hydrogen-bond donors (Lipinski definition) is 0. The van der Waals surface area contributed by atoms with Crippen molar-refractivity contribution in [2.75, 3.05) is 5.88 Å². The third kappa shape index (κ3) is 2.36. The van der Waals surface area contributed by atoms with Crippen LogP contribution in [0.15, 0.2) is 46.9 Å². The summed E-state index contributed by atoms with van der Waals surface area (Å²) in [6.07, 6.45) is 0.756. The smallest absolute Gasteiger partial charge is 0.115 e. The molecule has 3 aromatic rings. The van der Waals surface area contributed by atoms with Crippen molar-refractivity contribution in [3.8, 4) is 5.69 Å². The molecule has 0 unspecified atom stereocenters. The number of aromatic nitrogens is 2. The highest BCUT2D eigenvalue weighted by atomic mass is 79.9. The summed E-state index contributed by atoms with van der Waals surface area (Å²) in [5, 5.41) is 0. The van der Waals surface area contributed by atoms with E-state index in [1.165, 1.54) is 5.56 Å². The Morgan fingerprint density at radius 2 is 2.00 bits per heavy atom. The van der Waals surface area contributed by atoms with Gasteiger partial charge in [-0.25, -0.2) is 4.98 Å². The maximum atomic E-state index is 5.93. The van der Waals surface area contributed by atoms with Gasteiger partial charge in [0.15, 0.2) is 0 Å². The van der Waals surface area contributed by atoms with Crippen molar-refractivity contribution in [1.29, 1.82) is 0 Å². The second-order valence-corrected chi connectivity index (χ2v) is 6.02. The van der Waals surface area contributed by atoms with E-state index in [9.17, 15) is 0 Å². The molecule has 2 aromatic carbocycles. The molecule has 2 nitrogen and oxygen atoms in total. The number of aryl methyl sites for hydroxylation is 2. The van der Waals surface area contributed by atoms with Crippen LogP contribution in [0, 0.1) is 6.92 Å². The minimum absolute atomic E-state index is 0.568. The number of rotatable bonds is 3. The van der Waals surface area contributed by atoms with Gasteiger partial charge in [0.1, 0.15) is 5.82 Å². The summed E-state index contributed by atoms with van der Waals surface area (Å²) in [6.45, 7) is 2.11. The average molecular weight is 350 g/mol. The molecule has 0 aliphatic carbocycles. The minimum atomic E-state index is 0.568. The van der Waals surface area contributed by atoms with Gasteiger partial charge in [-0.2, -0.15) is 0 Å². The van der Waals surface area contributed by atoms with Crippen LogP contribution in [0.1, 0.15) is 11.4 Å². The summed E-state index contributed by atoms with van der Waals surface area (Å²) in [5.41, 5.74) is 4.49. The standard InChI is InChI=1S/C16H14BrClN2/c1-11-10-12(17)6-7-14(11)20-15-5-3-2-4-13(15)19-16(20)8-9-18/h2-7,10H,8-9H2,1H3. The highest BCUT2D eigenvalue weighted by molar-refractivity contribution is 9.10. The fourth-order valence-corrected chi connectivity index (χ4v) is 3.11. The van der Waals surface area contributed by atoms with Gasteiger partial charge in [0.05, 0.1) is 16.7 Å². The maximum absolute atomic E-state index is 5.93. The first-order chi connectivity index (χ1) is 9.70. The van der Waals surface area contributed by atoms with Gasteiger partial charge in [0, 0.05) is 16.8 Å². The van der Waals surface area contributed by atoms with Crippen LogP contribution in [0.4, 0.5) is 0 Å². The summed E-state index contributed by atoms with van der Waals surface area (Å²) in [5.74, 6) is 1.57. The molecule has 0 saturated carbocycles. The van der Waals surface area contributed by atoms with Gasteiger partial charge in [-0.05, 0) is 42.8 Å². The molecule has 0 bridgehead atoms. The first kappa shape index (κ1) is 13.7. The number of halogens is 2. The number of imidazole rings is 1. The predicted molar refractivity (Wildman–Crippen MR) is 87.9 cm³/mol. The highest BCUT2D eigenvalue weighted by Gasteiger charge is 2.13. The molecule has 4 heteroatoms. The fourth-order valence-electron chi connectivity index (χ4n) is 2.47. The van der Waals surface area contributed by atoms with E-state index < -0.39 is 0 Å². The second-order valence-electron chi connectivity index (χ2n) is 4.72. The van der Waals surface area contributed by atoms with E-state index in [0.29, 0.717) is 5.88 Å². The summed E-state index contributed by atoms with van der Waals surface area (Å²) in [6, 6.07) is 14.5. The fraction of sp³-hybridized carbons (Fsp3) is 0.188. The number of para-hydroxylation sites is 2. The number of hydrogen-bond acceptors (Lipinski definition) is 1. The number of nitrogens with zero attached hydrogens (tertiary/aromatic N) is 2. The Morgan fingerprint density at radius 3 is 2.75 bits per heavy atom. The lowest BCUT2D eigenvalue weighted by Gasteiger charge is -2.12. The average Bonchev–Trinajstić information content (AvgIpc) is 2.78. The molecule has 0 spiro atoms. The van der Waals surface area contributed by atoms with Gasteiger partial charge in [-0.3, -0.25) is 4.57 Å². The van der Waals surface area contributed by atoms with Gasteiger partial charge in [0.2, 0.25) is 0 Å². The van der Waals surface area contributed by atoms with E-state index in [4.69, 9.17) is 16.6 Å². The predicted octanol–water partition coefficient (Wildman–Crippen LogP) is 4.88. The SMILES string of the molecule is Cc1cc(Br)ccc1-n1c(CCCl)nc2ccccc21. The van der Waals surface area contributed by atoms with E-state index in [0.717, 1.165) is 33.4 Å². The van der Waals surface area contributed by atoms with Crippen molar-refractivity contribution >= 4 is 38.6 Å². The van der Waals surface area contributed by atoms with Crippen molar-refractivity contribution < 1.29 is 0 Å². The molecule has 0 N–H and O–H groups in total. The number of benzene rings is 2. The Hall–Kier alpha value is -1.32. The lowest BCUT2D eigenvalue weighted by molar-refractivity contribution is 0.906. The summed E-state index contributed by atoms with van der Waals surface area (Å²) in [4.78, 5) is 4.71. The van der Waals surface area contributed by atoms with E-state index in [-0.39, 0.29) is 0 Å². The summed E-state index contributed by atoms with van der Waals surface area (Å²) in [7, 11) is 0.